The van der Waals surface area contributed by atoms with Gasteiger partial charge in [0.25, 0.3) is 0 Å². The van der Waals surface area contributed by atoms with Gasteiger partial charge in [-0.15, -0.1) is 0 Å². The lowest BCUT2D eigenvalue weighted by Gasteiger charge is -2.48. The first kappa shape index (κ1) is 38.3. The number of hydrogen-bond acceptors (Lipinski definition) is 6. The molecule has 1 fully saturated rings. The number of rotatable bonds is 7. The third kappa shape index (κ3) is 8.98. The van der Waals surface area contributed by atoms with E-state index >= 15 is 0 Å². The highest BCUT2D eigenvalue weighted by Gasteiger charge is 2.33. The maximum atomic E-state index is 2.53. The van der Waals surface area contributed by atoms with Crippen molar-refractivity contribution in [1.82, 2.24) is 0 Å². The summed E-state index contributed by atoms with van der Waals surface area (Å²) >= 11 is 0. The van der Waals surface area contributed by atoms with E-state index in [1.807, 2.05) is 0 Å². The summed E-state index contributed by atoms with van der Waals surface area (Å²) in [5.74, 6) is 0. The van der Waals surface area contributed by atoms with Crippen LogP contribution in [-0.2, 0) is 0 Å². The van der Waals surface area contributed by atoms with Gasteiger partial charge >= 0.3 is 0 Å². The molecular formula is C43H68N6. The second kappa shape index (κ2) is 13.6. The van der Waals surface area contributed by atoms with Gasteiger partial charge in [0.15, 0.2) is 0 Å². The summed E-state index contributed by atoms with van der Waals surface area (Å²) in [6.07, 6.45) is 0. The van der Waals surface area contributed by atoms with Crippen LogP contribution in [0, 0.1) is 0 Å². The van der Waals surface area contributed by atoms with Gasteiger partial charge in [0.05, 0.1) is 20.0 Å². The fourth-order valence-corrected chi connectivity index (χ4v) is 8.32. The lowest BCUT2D eigenvalue weighted by Crippen LogP contribution is -2.56. The molecule has 6 heteroatoms. The third-order valence-electron chi connectivity index (χ3n) is 9.31. The second-order valence-corrected chi connectivity index (χ2v) is 18.9. The molecule has 0 aromatic heterocycles. The maximum Gasteiger partial charge on any atom is 0.0937 e. The van der Waals surface area contributed by atoms with E-state index < -0.39 is 0 Å². The second-order valence-electron chi connectivity index (χ2n) is 18.9. The van der Waals surface area contributed by atoms with Crippen LogP contribution >= 0.6 is 0 Å². The average Bonchev–Trinajstić information content (AvgIpc) is 2.95. The molecule has 6 nitrogen and oxygen atoms in total. The Morgan fingerprint density at radius 2 is 0.633 bits per heavy atom. The molecule has 1 aliphatic rings. The molecule has 49 heavy (non-hydrogen) atoms. The molecule has 0 N–H and O–H groups in total. The van der Waals surface area contributed by atoms with Crippen LogP contribution in [0.25, 0.3) is 0 Å². The van der Waals surface area contributed by atoms with Gasteiger partial charge in [0.2, 0.25) is 0 Å². The number of anilines is 6. The number of hydrogen-bond donors (Lipinski definition) is 0. The Bertz CT molecular complexity index is 1380. The smallest absolute Gasteiger partial charge is 0.0937 e. The molecular weight excluding hydrogens is 601 g/mol. The van der Waals surface area contributed by atoms with Crippen LogP contribution in [0.1, 0.15) is 111 Å². The van der Waals surface area contributed by atoms with E-state index in [1.165, 1.54) is 34.1 Å². The monoisotopic (exact) mass is 669 g/mol. The van der Waals surface area contributed by atoms with E-state index in [-0.39, 0.29) is 27.7 Å². The van der Waals surface area contributed by atoms with Crippen molar-refractivity contribution in [3.05, 3.63) is 72.8 Å². The van der Waals surface area contributed by atoms with E-state index in [1.54, 1.807) is 0 Å². The van der Waals surface area contributed by atoms with Crippen LogP contribution < -0.4 is 29.4 Å². The van der Waals surface area contributed by atoms with Crippen molar-refractivity contribution in [3.8, 4) is 0 Å². The molecule has 0 amide bonds. The first-order chi connectivity index (χ1) is 22.4. The summed E-state index contributed by atoms with van der Waals surface area (Å²) in [5.41, 5.74) is 7.55. The van der Waals surface area contributed by atoms with Crippen molar-refractivity contribution in [2.24, 2.45) is 0 Å². The Hall–Kier alpha value is -3.54. The van der Waals surface area contributed by atoms with Crippen molar-refractivity contribution < 1.29 is 0 Å². The quantitative estimate of drug-likeness (QED) is 0.248. The molecule has 270 valence electrons. The van der Waals surface area contributed by atoms with Gasteiger partial charge in [0.1, 0.15) is 0 Å². The van der Waals surface area contributed by atoms with Crippen molar-refractivity contribution in [2.75, 3.05) is 56.0 Å². The molecule has 3 aromatic rings. The fourth-order valence-electron chi connectivity index (χ4n) is 8.32. The topological polar surface area (TPSA) is 19.4 Å². The lowest BCUT2D eigenvalue weighted by atomic mass is 9.94. The molecule has 0 unspecified atom stereocenters. The standard InChI is InChI=1S/C43H68N6/c1-17-47(39(2,3)4)36-24-18-33(19-25-36)44-30-45(34-20-26-37(27-21-34)48(40(5,6)7)41(8,9)10)32-46(31-44)35-22-28-38(29-23-35)49(42(11,12)13)43(14,15)16/h18-29H,17,30-32H2,1-16H3. The molecule has 0 radical (unpaired) electrons. The molecule has 0 spiro atoms. The summed E-state index contributed by atoms with van der Waals surface area (Å²) in [6.45, 7) is 40.1. The summed E-state index contributed by atoms with van der Waals surface area (Å²) in [5, 5.41) is 0. The highest BCUT2D eigenvalue weighted by Crippen LogP contribution is 2.37. The van der Waals surface area contributed by atoms with Crippen LogP contribution in [-0.4, -0.2) is 54.2 Å². The first-order valence-electron chi connectivity index (χ1n) is 18.3. The zero-order valence-corrected chi connectivity index (χ0v) is 33.9. The molecule has 0 bridgehead atoms. The van der Waals surface area contributed by atoms with Crippen LogP contribution in [0.3, 0.4) is 0 Å². The van der Waals surface area contributed by atoms with Gasteiger partial charge in [-0.05, 0) is 184 Å². The highest BCUT2D eigenvalue weighted by molar-refractivity contribution is 5.65. The predicted octanol–water partition coefficient (Wildman–Crippen LogP) is 10.8. The van der Waals surface area contributed by atoms with E-state index in [0.29, 0.717) is 0 Å². The Kier molecular flexibility index (Phi) is 10.7. The maximum absolute atomic E-state index is 2.53. The average molecular weight is 669 g/mol. The molecule has 3 aromatic carbocycles. The highest BCUT2D eigenvalue weighted by atomic mass is 15.5. The van der Waals surface area contributed by atoms with Gasteiger partial charge in [0, 0.05) is 68.4 Å². The van der Waals surface area contributed by atoms with Crippen molar-refractivity contribution in [3.63, 3.8) is 0 Å². The largest absolute Gasteiger partial charge is 0.367 e. The minimum atomic E-state index is 0.00667. The normalized spacial score (nSPS) is 15.1. The zero-order chi connectivity index (χ0) is 36.7. The van der Waals surface area contributed by atoms with Gasteiger partial charge in [-0.2, -0.15) is 0 Å². The predicted molar refractivity (Wildman–Crippen MR) is 218 cm³/mol. The van der Waals surface area contributed by atoms with Crippen LogP contribution in [0.4, 0.5) is 34.1 Å². The minimum absolute atomic E-state index is 0.00667. The molecule has 1 saturated heterocycles. The Balaban J connectivity index is 1.70. The fraction of sp³-hybridized carbons (Fsp3) is 0.581. The van der Waals surface area contributed by atoms with Gasteiger partial charge in [-0.1, -0.05) is 0 Å². The summed E-state index contributed by atoms with van der Waals surface area (Å²) in [6, 6.07) is 27.6. The van der Waals surface area contributed by atoms with E-state index in [0.717, 1.165) is 26.6 Å². The zero-order valence-electron chi connectivity index (χ0n) is 33.9. The molecule has 1 heterocycles. The van der Waals surface area contributed by atoms with Crippen LogP contribution in [0.15, 0.2) is 72.8 Å². The van der Waals surface area contributed by atoms with E-state index in [2.05, 4.69) is 213 Å². The SMILES string of the molecule is CCN(c1ccc(N2CN(c3ccc(N(C(C)(C)C)C(C)(C)C)cc3)CN(c3ccc(N(C(C)(C)C)C(C)(C)C)cc3)C2)cc1)C(C)(C)C. The van der Waals surface area contributed by atoms with Crippen LogP contribution in [0.5, 0.6) is 0 Å². The van der Waals surface area contributed by atoms with Crippen LogP contribution in [0.2, 0.25) is 0 Å². The molecule has 0 atom stereocenters. The molecule has 0 saturated carbocycles. The van der Waals surface area contributed by atoms with Gasteiger partial charge in [-0.3, -0.25) is 0 Å². The Morgan fingerprint density at radius 3 is 0.837 bits per heavy atom. The van der Waals surface area contributed by atoms with E-state index in [4.69, 9.17) is 0 Å². The summed E-state index contributed by atoms with van der Waals surface area (Å²) in [4.78, 5) is 15.0. The first-order valence-corrected chi connectivity index (χ1v) is 18.3. The Morgan fingerprint density at radius 1 is 0.388 bits per heavy atom. The summed E-state index contributed by atoms with van der Waals surface area (Å²) < 4.78 is 0. The van der Waals surface area contributed by atoms with Gasteiger partial charge < -0.3 is 29.4 Å². The molecule has 4 rings (SSSR count). The third-order valence-corrected chi connectivity index (χ3v) is 9.31. The number of benzene rings is 3. The van der Waals surface area contributed by atoms with Gasteiger partial charge in [-0.25, -0.2) is 0 Å². The summed E-state index contributed by atoms with van der Waals surface area (Å²) in [7, 11) is 0. The number of nitrogens with zero attached hydrogens (tertiary/aromatic N) is 6. The molecule has 0 aliphatic carbocycles. The van der Waals surface area contributed by atoms with Crippen molar-refractivity contribution in [2.45, 2.75) is 138 Å². The van der Waals surface area contributed by atoms with E-state index in [9.17, 15) is 0 Å². The van der Waals surface area contributed by atoms with Crippen molar-refractivity contribution in [1.29, 1.82) is 0 Å². The minimum Gasteiger partial charge on any atom is -0.367 e. The Labute approximate surface area is 300 Å². The van der Waals surface area contributed by atoms with Crippen molar-refractivity contribution >= 4 is 34.1 Å². The lowest BCUT2D eigenvalue weighted by molar-refractivity contribution is 0.380. The molecule has 1 aliphatic heterocycles.